The van der Waals surface area contributed by atoms with E-state index in [2.05, 4.69) is 48.8 Å². The van der Waals surface area contributed by atoms with Gasteiger partial charge >= 0.3 is 0 Å². The molecule has 3 nitrogen and oxygen atoms in total. The molecule has 2 unspecified atom stereocenters. The number of hydrogen-bond donors (Lipinski definition) is 1. The number of hydrogen-bond acceptors (Lipinski definition) is 2. The predicted molar refractivity (Wildman–Crippen MR) is 81.5 cm³/mol. The van der Waals surface area contributed by atoms with Crippen LogP contribution >= 0.6 is 0 Å². The Morgan fingerprint density at radius 3 is 2.79 bits per heavy atom. The molecule has 1 heterocycles. The first-order chi connectivity index (χ1) is 9.06. The van der Waals surface area contributed by atoms with Crippen LogP contribution < -0.4 is 5.32 Å². The zero-order valence-electron chi connectivity index (χ0n) is 12.9. The molecular weight excluding hydrogens is 234 g/mol. The minimum Gasteiger partial charge on any atom is -0.353 e. The number of aromatic nitrogens is 2. The van der Waals surface area contributed by atoms with Crippen LogP contribution in [0.1, 0.15) is 58.6 Å². The lowest BCUT2D eigenvalue weighted by atomic mass is 9.97. The minimum atomic E-state index is 0.593. The average molecular weight is 263 g/mol. The van der Waals surface area contributed by atoms with E-state index in [4.69, 9.17) is 0 Å². The van der Waals surface area contributed by atoms with Gasteiger partial charge in [-0.1, -0.05) is 40.0 Å². The maximum atomic E-state index is 4.67. The Morgan fingerprint density at radius 1 is 1.32 bits per heavy atom. The van der Waals surface area contributed by atoms with E-state index in [0.717, 1.165) is 24.1 Å². The summed E-state index contributed by atoms with van der Waals surface area (Å²) in [5.41, 5.74) is 1.12. The van der Waals surface area contributed by atoms with Crippen molar-refractivity contribution in [3.05, 3.63) is 11.9 Å². The van der Waals surface area contributed by atoms with Crippen LogP contribution in [-0.2, 0) is 6.54 Å². The normalized spacial score (nSPS) is 24.5. The summed E-state index contributed by atoms with van der Waals surface area (Å²) < 4.78 is 2.29. The second kappa shape index (κ2) is 6.44. The molecule has 0 spiro atoms. The van der Waals surface area contributed by atoms with E-state index in [9.17, 15) is 0 Å². The fourth-order valence-corrected chi connectivity index (χ4v) is 3.07. The smallest absolute Gasteiger partial charge is 0.203 e. The van der Waals surface area contributed by atoms with Crippen molar-refractivity contribution >= 4 is 5.95 Å². The number of nitrogens with one attached hydrogen (secondary N) is 1. The summed E-state index contributed by atoms with van der Waals surface area (Å²) in [6, 6.07) is 0.593. The van der Waals surface area contributed by atoms with Gasteiger partial charge in [-0.25, -0.2) is 4.98 Å². The van der Waals surface area contributed by atoms with Crippen LogP contribution in [0, 0.1) is 18.8 Å². The van der Waals surface area contributed by atoms with Crippen molar-refractivity contribution in [3.63, 3.8) is 0 Å². The van der Waals surface area contributed by atoms with Gasteiger partial charge in [-0.2, -0.15) is 0 Å². The second-order valence-electron chi connectivity index (χ2n) is 6.62. The van der Waals surface area contributed by atoms with Crippen molar-refractivity contribution in [2.45, 2.75) is 72.4 Å². The van der Waals surface area contributed by atoms with Gasteiger partial charge < -0.3 is 9.88 Å². The van der Waals surface area contributed by atoms with Gasteiger partial charge in [-0.15, -0.1) is 0 Å². The molecule has 0 radical (unpaired) electrons. The Balaban J connectivity index is 2.08. The Bertz CT molecular complexity index is 395. The molecule has 0 aliphatic heterocycles. The van der Waals surface area contributed by atoms with E-state index < -0.39 is 0 Å². The molecular formula is C16H29N3. The lowest BCUT2D eigenvalue weighted by molar-refractivity contribution is 0.448. The summed E-state index contributed by atoms with van der Waals surface area (Å²) in [5.74, 6) is 2.48. The van der Waals surface area contributed by atoms with Crippen molar-refractivity contribution in [1.82, 2.24) is 9.55 Å². The van der Waals surface area contributed by atoms with Crippen molar-refractivity contribution in [2.24, 2.45) is 11.8 Å². The van der Waals surface area contributed by atoms with Crippen molar-refractivity contribution in [3.8, 4) is 0 Å². The number of nitrogens with zero attached hydrogens (tertiary/aromatic N) is 2. The Labute approximate surface area is 117 Å². The van der Waals surface area contributed by atoms with Crippen LogP contribution in [-0.4, -0.2) is 15.6 Å². The molecule has 2 rings (SSSR count). The topological polar surface area (TPSA) is 29.9 Å². The number of anilines is 1. The molecule has 1 N–H and O–H groups in total. The van der Waals surface area contributed by atoms with E-state index in [-0.39, 0.29) is 0 Å². The van der Waals surface area contributed by atoms with Crippen LogP contribution in [0.15, 0.2) is 6.20 Å². The van der Waals surface area contributed by atoms with Gasteiger partial charge in [0, 0.05) is 18.8 Å². The molecule has 19 heavy (non-hydrogen) atoms. The Morgan fingerprint density at radius 2 is 2.05 bits per heavy atom. The number of rotatable bonds is 4. The zero-order chi connectivity index (χ0) is 13.8. The molecule has 1 saturated carbocycles. The zero-order valence-corrected chi connectivity index (χ0v) is 12.9. The largest absolute Gasteiger partial charge is 0.353 e. The Kier molecular flexibility index (Phi) is 4.89. The highest BCUT2D eigenvalue weighted by Crippen LogP contribution is 2.26. The molecule has 1 aromatic heterocycles. The number of aryl methyl sites for hydroxylation is 1. The molecule has 1 aliphatic rings. The van der Waals surface area contributed by atoms with Crippen LogP contribution in [0.2, 0.25) is 0 Å². The van der Waals surface area contributed by atoms with Crippen LogP contribution in [0.25, 0.3) is 0 Å². The second-order valence-corrected chi connectivity index (χ2v) is 6.62. The molecule has 0 saturated heterocycles. The lowest BCUT2D eigenvalue weighted by Crippen LogP contribution is -2.28. The maximum Gasteiger partial charge on any atom is 0.203 e. The van der Waals surface area contributed by atoms with E-state index in [1.54, 1.807) is 0 Å². The first kappa shape index (κ1) is 14.4. The predicted octanol–water partition coefficient (Wildman–Crippen LogP) is 4.23. The van der Waals surface area contributed by atoms with Gasteiger partial charge in [-0.05, 0) is 31.6 Å². The standard InChI is InChI=1S/C16H29N3/c1-12(2)10-19-11-14(4)17-16(19)18-15-9-7-5-6-8-13(15)3/h11-13,15H,5-10H2,1-4H3,(H,17,18). The summed E-state index contributed by atoms with van der Waals surface area (Å²) >= 11 is 0. The summed E-state index contributed by atoms with van der Waals surface area (Å²) in [6.07, 6.45) is 8.94. The first-order valence-electron chi connectivity index (χ1n) is 7.86. The molecule has 0 amide bonds. The third-order valence-corrected chi connectivity index (χ3v) is 4.13. The summed E-state index contributed by atoms with van der Waals surface area (Å²) in [7, 11) is 0. The molecule has 1 aromatic rings. The van der Waals surface area contributed by atoms with Crippen molar-refractivity contribution in [2.75, 3.05) is 5.32 Å². The van der Waals surface area contributed by atoms with Gasteiger partial charge in [0.05, 0.1) is 5.69 Å². The highest BCUT2D eigenvalue weighted by Gasteiger charge is 2.21. The highest BCUT2D eigenvalue weighted by molar-refractivity contribution is 5.30. The van der Waals surface area contributed by atoms with E-state index in [0.29, 0.717) is 12.0 Å². The number of imidazole rings is 1. The summed E-state index contributed by atoms with van der Waals surface area (Å²) in [6.45, 7) is 10.0. The molecule has 3 heteroatoms. The lowest BCUT2D eigenvalue weighted by Gasteiger charge is -2.24. The van der Waals surface area contributed by atoms with E-state index >= 15 is 0 Å². The van der Waals surface area contributed by atoms with Gasteiger partial charge in [0.15, 0.2) is 0 Å². The van der Waals surface area contributed by atoms with Crippen LogP contribution in [0.4, 0.5) is 5.95 Å². The Hall–Kier alpha value is -0.990. The first-order valence-corrected chi connectivity index (χ1v) is 7.86. The molecule has 1 fully saturated rings. The highest BCUT2D eigenvalue weighted by atomic mass is 15.2. The van der Waals surface area contributed by atoms with Gasteiger partial charge in [0.2, 0.25) is 5.95 Å². The summed E-state index contributed by atoms with van der Waals surface area (Å²) in [4.78, 5) is 4.67. The van der Waals surface area contributed by atoms with Crippen LogP contribution in [0.3, 0.4) is 0 Å². The molecule has 0 bridgehead atoms. The minimum absolute atomic E-state index is 0.593. The molecule has 2 atom stereocenters. The SMILES string of the molecule is Cc1cn(CC(C)C)c(NC2CCCCCC2C)n1. The average Bonchev–Trinajstić information content (AvgIpc) is 2.53. The quantitative estimate of drug-likeness (QED) is 0.824. The third-order valence-electron chi connectivity index (χ3n) is 4.13. The van der Waals surface area contributed by atoms with E-state index in [1.165, 1.54) is 32.1 Å². The maximum absolute atomic E-state index is 4.67. The van der Waals surface area contributed by atoms with Crippen molar-refractivity contribution in [1.29, 1.82) is 0 Å². The van der Waals surface area contributed by atoms with Gasteiger partial charge in [0.25, 0.3) is 0 Å². The monoisotopic (exact) mass is 263 g/mol. The van der Waals surface area contributed by atoms with Gasteiger partial charge in [0.1, 0.15) is 0 Å². The fraction of sp³-hybridized carbons (Fsp3) is 0.812. The summed E-state index contributed by atoms with van der Waals surface area (Å²) in [5, 5.41) is 3.72. The molecule has 1 aliphatic carbocycles. The van der Waals surface area contributed by atoms with Crippen LogP contribution in [0.5, 0.6) is 0 Å². The molecule has 0 aromatic carbocycles. The van der Waals surface area contributed by atoms with E-state index in [1.807, 2.05) is 0 Å². The fourth-order valence-electron chi connectivity index (χ4n) is 3.07. The third kappa shape index (κ3) is 3.99. The molecule has 108 valence electrons. The van der Waals surface area contributed by atoms with Crippen molar-refractivity contribution < 1.29 is 0 Å². The van der Waals surface area contributed by atoms with Gasteiger partial charge in [-0.3, -0.25) is 0 Å².